The lowest BCUT2D eigenvalue weighted by Crippen LogP contribution is -2.24. The predicted molar refractivity (Wildman–Crippen MR) is 84.7 cm³/mol. The Hall–Kier alpha value is -1.25. The first-order valence-electron chi connectivity index (χ1n) is 7.49. The molecule has 3 heteroatoms. The summed E-state index contributed by atoms with van der Waals surface area (Å²) in [5.41, 5.74) is 0. The summed E-state index contributed by atoms with van der Waals surface area (Å²) in [6.07, 6.45) is 1.11. The van der Waals surface area contributed by atoms with Crippen molar-refractivity contribution in [1.29, 1.82) is 0 Å². The first-order valence-corrected chi connectivity index (χ1v) is 7.49. The number of hydrogen-bond donors (Lipinski definition) is 2. The number of hydrogen-bond acceptors (Lipinski definition) is 3. The molecule has 0 fully saturated rings. The average molecular weight is 263 g/mol. The molecule has 3 nitrogen and oxygen atoms in total. The zero-order valence-corrected chi connectivity index (χ0v) is 13.0. The molecule has 0 aliphatic rings. The maximum Gasteiger partial charge on any atom is 0.128 e. The maximum atomic E-state index is 4.58. The number of pyridine rings is 1. The highest BCUT2D eigenvalue weighted by atomic mass is 15.1. The molecule has 0 atom stereocenters. The van der Waals surface area contributed by atoms with Crippen LogP contribution in [0.3, 0.4) is 0 Å². The standard InChI is InChI=1S/C16H29N3/c1-6-10-17-15-8-7-9-16(19-15)18-11-14(12(2)3)13(4)5/h7-9,12-14H,6,10-11H2,1-5H3,(H2,17,18,19). The third-order valence-electron chi connectivity index (χ3n) is 3.54. The highest BCUT2D eigenvalue weighted by Gasteiger charge is 2.17. The summed E-state index contributed by atoms with van der Waals surface area (Å²) in [5, 5.41) is 6.79. The van der Waals surface area contributed by atoms with Crippen LogP contribution in [0.5, 0.6) is 0 Å². The van der Waals surface area contributed by atoms with Gasteiger partial charge in [0.25, 0.3) is 0 Å². The Morgan fingerprint density at radius 1 is 1.00 bits per heavy atom. The molecule has 0 bridgehead atoms. The molecule has 0 unspecified atom stereocenters. The molecule has 19 heavy (non-hydrogen) atoms. The number of anilines is 2. The van der Waals surface area contributed by atoms with Gasteiger partial charge in [-0.1, -0.05) is 40.7 Å². The van der Waals surface area contributed by atoms with Crippen LogP contribution in [0.15, 0.2) is 18.2 Å². The zero-order chi connectivity index (χ0) is 14.3. The fraction of sp³-hybridized carbons (Fsp3) is 0.688. The molecular formula is C16H29N3. The lowest BCUT2D eigenvalue weighted by atomic mass is 9.85. The second-order valence-corrected chi connectivity index (χ2v) is 5.87. The molecule has 0 spiro atoms. The Morgan fingerprint density at radius 3 is 2.11 bits per heavy atom. The summed E-state index contributed by atoms with van der Waals surface area (Å²) in [6, 6.07) is 6.10. The van der Waals surface area contributed by atoms with Crippen molar-refractivity contribution >= 4 is 11.6 Å². The van der Waals surface area contributed by atoms with Gasteiger partial charge in [0.1, 0.15) is 11.6 Å². The molecule has 2 N–H and O–H groups in total. The van der Waals surface area contributed by atoms with Crippen molar-refractivity contribution in [2.75, 3.05) is 23.7 Å². The first kappa shape index (κ1) is 15.8. The van der Waals surface area contributed by atoms with Crippen LogP contribution in [0, 0.1) is 17.8 Å². The van der Waals surface area contributed by atoms with Crippen LogP contribution in [0.1, 0.15) is 41.0 Å². The van der Waals surface area contributed by atoms with Gasteiger partial charge >= 0.3 is 0 Å². The van der Waals surface area contributed by atoms with Crippen molar-refractivity contribution in [1.82, 2.24) is 4.98 Å². The van der Waals surface area contributed by atoms with Crippen LogP contribution in [-0.4, -0.2) is 18.1 Å². The van der Waals surface area contributed by atoms with E-state index in [0.717, 1.165) is 31.1 Å². The van der Waals surface area contributed by atoms with Gasteiger partial charge in [-0.25, -0.2) is 4.98 Å². The maximum absolute atomic E-state index is 4.58. The van der Waals surface area contributed by atoms with Crippen LogP contribution in [0.25, 0.3) is 0 Å². The Morgan fingerprint density at radius 2 is 1.58 bits per heavy atom. The van der Waals surface area contributed by atoms with Gasteiger partial charge in [-0.2, -0.15) is 0 Å². The van der Waals surface area contributed by atoms with E-state index in [9.17, 15) is 0 Å². The van der Waals surface area contributed by atoms with Gasteiger partial charge < -0.3 is 10.6 Å². The Balaban J connectivity index is 2.56. The van der Waals surface area contributed by atoms with Crippen molar-refractivity contribution in [2.24, 2.45) is 17.8 Å². The SMILES string of the molecule is CCCNc1cccc(NCC(C(C)C)C(C)C)n1. The van der Waals surface area contributed by atoms with Crippen LogP contribution >= 0.6 is 0 Å². The Kier molecular flexibility index (Phi) is 6.68. The zero-order valence-electron chi connectivity index (χ0n) is 13.0. The summed E-state index contributed by atoms with van der Waals surface area (Å²) < 4.78 is 0. The van der Waals surface area contributed by atoms with Gasteiger partial charge in [0.15, 0.2) is 0 Å². The second kappa shape index (κ2) is 8.03. The molecular weight excluding hydrogens is 234 g/mol. The van der Waals surface area contributed by atoms with E-state index in [1.54, 1.807) is 0 Å². The average Bonchev–Trinajstić information content (AvgIpc) is 2.36. The van der Waals surface area contributed by atoms with Gasteiger partial charge in [-0.3, -0.25) is 0 Å². The molecule has 1 heterocycles. The monoisotopic (exact) mass is 263 g/mol. The normalized spacial score (nSPS) is 11.4. The summed E-state index contributed by atoms with van der Waals surface area (Å²) in [6.45, 7) is 13.3. The molecule has 1 rings (SSSR count). The summed E-state index contributed by atoms with van der Waals surface area (Å²) in [4.78, 5) is 4.58. The van der Waals surface area contributed by atoms with Crippen LogP contribution in [0.2, 0.25) is 0 Å². The van der Waals surface area contributed by atoms with E-state index in [0.29, 0.717) is 17.8 Å². The highest BCUT2D eigenvalue weighted by molar-refractivity contribution is 5.45. The second-order valence-electron chi connectivity index (χ2n) is 5.87. The third-order valence-corrected chi connectivity index (χ3v) is 3.54. The quantitative estimate of drug-likeness (QED) is 0.736. The number of aromatic nitrogens is 1. The predicted octanol–water partition coefficient (Wildman–Crippen LogP) is 4.24. The minimum absolute atomic E-state index is 0.675. The Bertz CT molecular complexity index is 353. The molecule has 0 radical (unpaired) electrons. The van der Waals surface area contributed by atoms with Gasteiger partial charge in [-0.05, 0) is 36.3 Å². The van der Waals surface area contributed by atoms with E-state index in [-0.39, 0.29) is 0 Å². The van der Waals surface area contributed by atoms with Gasteiger partial charge in [0.2, 0.25) is 0 Å². The summed E-state index contributed by atoms with van der Waals surface area (Å²) in [5.74, 6) is 3.97. The van der Waals surface area contributed by atoms with Crippen LogP contribution in [-0.2, 0) is 0 Å². The molecule has 0 amide bonds. The molecule has 0 aliphatic carbocycles. The molecule has 0 saturated heterocycles. The lowest BCUT2D eigenvalue weighted by Gasteiger charge is -2.25. The lowest BCUT2D eigenvalue weighted by molar-refractivity contribution is 0.304. The minimum Gasteiger partial charge on any atom is -0.370 e. The van der Waals surface area contributed by atoms with Crippen molar-refractivity contribution in [3.05, 3.63) is 18.2 Å². The molecule has 108 valence electrons. The van der Waals surface area contributed by atoms with Crippen LogP contribution in [0.4, 0.5) is 11.6 Å². The molecule has 0 aromatic carbocycles. The van der Waals surface area contributed by atoms with E-state index in [4.69, 9.17) is 0 Å². The van der Waals surface area contributed by atoms with E-state index in [2.05, 4.69) is 50.2 Å². The van der Waals surface area contributed by atoms with Crippen molar-refractivity contribution in [3.8, 4) is 0 Å². The number of nitrogens with zero attached hydrogens (tertiary/aromatic N) is 1. The fourth-order valence-corrected chi connectivity index (χ4v) is 2.35. The van der Waals surface area contributed by atoms with Gasteiger partial charge in [-0.15, -0.1) is 0 Å². The van der Waals surface area contributed by atoms with Gasteiger partial charge in [0, 0.05) is 13.1 Å². The number of nitrogens with one attached hydrogen (secondary N) is 2. The molecule has 0 aliphatic heterocycles. The van der Waals surface area contributed by atoms with Gasteiger partial charge in [0.05, 0.1) is 0 Å². The van der Waals surface area contributed by atoms with Crippen LogP contribution < -0.4 is 10.6 Å². The van der Waals surface area contributed by atoms with Crippen molar-refractivity contribution in [3.63, 3.8) is 0 Å². The smallest absolute Gasteiger partial charge is 0.128 e. The van der Waals surface area contributed by atoms with Crippen molar-refractivity contribution < 1.29 is 0 Å². The van der Waals surface area contributed by atoms with E-state index >= 15 is 0 Å². The minimum atomic E-state index is 0.675. The number of rotatable bonds is 8. The van der Waals surface area contributed by atoms with E-state index in [1.165, 1.54) is 0 Å². The highest BCUT2D eigenvalue weighted by Crippen LogP contribution is 2.21. The van der Waals surface area contributed by atoms with E-state index in [1.807, 2.05) is 18.2 Å². The van der Waals surface area contributed by atoms with E-state index < -0.39 is 0 Å². The fourth-order valence-electron chi connectivity index (χ4n) is 2.35. The summed E-state index contributed by atoms with van der Waals surface area (Å²) in [7, 11) is 0. The molecule has 1 aromatic heterocycles. The third kappa shape index (κ3) is 5.50. The first-order chi connectivity index (χ1) is 9.04. The Labute approximate surface area is 118 Å². The molecule has 1 aromatic rings. The van der Waals surface area contributed by atoms with Crippen molar-refractivity contribution in [2.45, 2.75) is 41.0 Å². The molecule has 0 saturated carbocycles. The topological polar surface area (TPSA) is 37.0 Å². The summed E-state index contributed by atoms with van der Waals surface area (Å²) >= 11 is 0. The largest absolute Gasteiger partial charge is 0.370 e.